The average molecular weight is 403 g/mol. The second-order valence-electron chi connectivity index (χ2n) is 7.16. The summed E-state index contributed by atoms with van der Waals surface area (Å²) in [4.78, 5) is 14.1. The van der Waals surface area contributed by atoms with Gasteiger partial charge >= 0.3 is 0 Å². The topological polar surface area (TPSA) is 90.7 Å². The number of hydrogen-bond donors (Lipinski definition) is 0. The molecule has 2 atom stereocenters. The van der Waals surface area contributed by atoms with E-state index in [0.29, 0.717) is 37.2 Å². The number of nitriles is 1. The molecule has 1 amide bonds. The Kier molecular flexibility index (Phi) is 3.50. The smallest absolute Gasteiger partial charge is 0.253 e. The Labute approximate surface area is 160 Å². The number of hydrogen-bond acceptors (Lipinski definition) is 6. The molecule has 0 unspecified atom stereocenters. The fourth-order valence-corrected chi connectivity index (χ4v) is 8.18. The predicted molar refractivity (Wildman–Crippen MR) is 98.6 cm³/mol. The van der Waals surface area contributed by atoms with E-state index in [9.17, 15) is 13.2 Å². The minimum Gasteiger partial charge on any atom is -0.352 e. The molecular weight excluding hydrogens is 386 g/mol. The number of rotatable bonds is 2. The number of ether oxygens (including phenoxy) is 1. The van der Waals surface area contributed by atoms with Gasteiger partial charge in [-0.2, -0.15) is 9.57 Å². The van der Waals surface area contributed by atoms with Crippen molar-refractivity contribution < 1.29 is 17.9 Å². The highest BCUT2D eigenvalue weighted by Crippen LogP contribution is 2.48. The maximum Gasteiger partial charge on any atom is 0.253 e. The van der Waals surface area contributed by atoms with Crippen LogP contribution in [0, 0.1) is 18.3 Å². The molecule has 4 heterocycles. The van der Waals surface area contributed by atoms with Crippen molar-refractivity contribution in [2.75, 3.05) is 19.7 Å². The van der Waals surface area contributed by atoms with Gasteiger partial charge in [-0.25, -0.2) is 8.42 Å². The number of amides is 1. The summed E-state index contributed by atoms with van der Waals surface area (Å²) < 4.78 is 35.5. The molecule has 5 rings (SSSR count). The van der Waals surface area contributed by atoms with E-state index in [1.54, 1.807) is 30.0 Å². The highest BCUT2D eigenvalue weighted by molar-refractivity contribution is 7.91. The molecule has 3 fully saturated rings. The van der Waals surface area contributed by atoms with Crippen LogP contribution in [0.1, 0.15) is 24.0 Å². The highest BCUT2D eigenvalue weighted by Gasteiger charge is 2.64. The number of carbonyl (C=O) groups is 1. The van der Waals surface area contributed by atoms with Gasteiger partial charge in [-0.1, -0.05) is 0 Å². The lowest BCUT2D eigenvalue weighted by Crippen LogP contribution is -2.48. The minimum absolute atomic E-state index is 0.0378. The molecule has 27 heavy (non-hydrogen) atoms. The van der Waals surface area contributed by atoms with Crippen molar-refractivity contribution in [3.8, 4) is 6.07 Å². The molecule has 3 aliphatic rings. The Balaban J connectivity index is 1.60. The third kappa shape index (κ3) is 2.12. The second kappa shape index (κ2) is 5.52. The van der Waals surface area contributed by atoms with E-state index in [1.807, 2.05) is 0 Å². The van der Waals surface area contributed by atoms with Gasteiger partial charge in [0.1, 0.15) is 4.21 Å². The summed E-state index contributed by atoms with van der Waals surface area (Å²) in [7, 11) is -3.76. The van der Waals surface area contributed by atoms with Crippen LogP contribution in [0.15, 0.2) is 22.4 Å². The van der Waals surface area contributed by atoms with Crippen LogP contribution in [0.5, 0.6) is 0 Å². The summed E-state index contributed by atoms with van der Waals surface area (Å²) in [6, 6.07) is 6.83. The van der Waals surface area contributed by atoms with Gasteiger partial charge in [-0.3, -0.25) is 4.79 Å². The molecule has 9 heteroatoms. The Bertz CT molecular complexity index is 1130. The van der Waals surface area contributed by atoms with E-state index in [2.05, 4.69) is 6.07 Å². The summed E-state index contributed by atoms with van der Waals surface area (Å²) in [5, 5.41) is 9.90. The number of thiophene rings is 1. The van der Waals surface area contributed by atoms with Gasteiger partial charge in [0, 0.05) is 30.6 Å². The van der Waals surface area contributed by atoms with Crippen molar-refractivity contribution in [1.82, 2.24) is 9.21 Å². The molecule has 3 aliphatic heterocycles. The lowest BCUT2D eigenvalue weighted by molar-refractivity contribution is -0.136. The van der Waals surface area contributed by atoms with Crippen molar-refractivity contribution in [3.05, 3.63) is 29.3 Å². The van der Waals surface area contributed by atoms with Crippen LogP contribution in [-0.2, 0) is 19.6 Å². The van der Waals surface area contributed by atoms with Crippen LogP contribution in [0.4, 0.5) is 0 Å². The summed E-state index contributed by atoms with van der Waals surface area (Å²) in [5.74, 6) is -0.0378. The number of aryl methyl sites for hydroxylation is 1. The van der Waals surface area contributed by atoms with Gasteiger partial charge in [0.05, 0.1) is 24.3 Å². The van der Waals surface area contributed by atoms with Gasteiger partial charge in [-0.15, -0.1) is 11.3 Å². The molecule has 0 saturated carbocycles. The molecule has 0 radical (unpaired) electrons. The molecule has 3 saturated heterocycles. The van der Waals surface area contributed by atoms with Crippen molar-refractivity contribution in [2.24, 2.45) is 0 Å². The third-order valence-corrected chi connectivity index (χ3v) is 9.69. The molecule has 7 nitrogen and oxygen atoms in total. The van der Waals surface area contributed by atoms with E-state index >= 15 is 0 Å². The van der Waals surface area contributed by atoms with Crippen molar-refractivity contribution >= 4 is 37.4 Å². The lowest BCUT2D eigenvalue weighted by Gasteiger charge is -2.31. The number of carbonyl (C=O) groups excluding carboxylic acids is 1. The zero-order valence-electron chi connectivity index (χ0n) is 14.6. The molecule has 0 aliphatic carbocycles. The van der Waals surface area contributed by atoms with Gasteiger partial charge in [-0.05, 0) is 36.1 Å². The normalized spacial score (nSPS) is 27.9. The van der Waals surface area contributed by atoms with E-state index in [0.717, 1.165) is 10.1 Å². The first-order chi connectivity index (χ1) is 12.9. The zero-order valence-corrected chi connectivity index (χ0v) is 16.3. The quantitative estimate of drug-likeness (QED) is 0.763. The SMILES string of the molecule is Cc1c(S(=O)(=O)N2CC[C@@]34OCCN3C(=O)C[C@@H]24)sc2ccc(C#N)cc12. The number of sulfonamides is 1. The van der Waals surface area contributed by atoms with Gasteiger partial charge < -0.3 is 9.64 Å². The molecular formula is C18H17N3O4S2. The van der Waals surface area contributed by atoms with Crippen LogP contribution < -0.4 is 0 Å². The predicted octanol–water partition coefficient (Wildman–Crippen LogP) is 1.80. The van der Waals surface area contributed by atoms with Crippen molar-refractivity contribution in [2.45, 2.75) is 35.7 Å². The Morgan fingerprint density at radius 2 is 2.19 bits per heavy atom. The van der Waals surface area contributed by atoms with Crippen LogP contribution in [0.3, 0.4) is 0 Å². The van der Waals surface area contributed by atoms with Crippen LogP contribution >= 0.6 is 11.3 Å². The van der Waals surface area contributed by atoms with E-state index in [4.69, 9.17) is 10.00 Å². The lowest BCUT2D eigenvalue weighted by atomic mass is 10.1. The van der Waals surface area contributed by atoms with Gasteiger partial charge in [0.25, 0.3) is 10.0 Å². The molecule has 1 aromatic heterocycles. The zero-order chi connectivity index (χ0) is 19.0. The highest BCUT2D eigenvalue weighted by atomic mass is 32.2. The first kappa shape index (κ1) is 17.1. The monoisotopic (exact) mass is 403 g/mol. The average Bonchev–Trinajstić information content (AvgIpc) is 3.36. The second-order valence-corrected chi connectivity index (χ2v) is 10.3. The van der Waals surface area contributed by atoms with Crippen LogP contribution in [0.25, 0.3) is 10.1 Å². The molecule has 1 spiro atoms. The summed E-state index contributed by atoms with van der Waals surface area (Å²) in [5.41, 5.74) is 0.369. The van der Waals surface area contributed by atoms with Gasteiger partial charge in [0.15, 0.2) is 5.72 Å². The molecule has 140 valence electrons. The Hall–Kier alpha value is -1.99. The molecule has 0 bridgehead atoms. The number of nitrogens with zero attached hydrogens (tertiary/aromatic N) is 3. The summed E-state index contributed by atoms with van der Waals surface area (Å²) >= 11 is 1.22. The maximum atomic E-state index is 13.5. The number of benzene rings is 1. The van der Waals surface area contributed by atoms with Crippen LogP contribution in [-0.4, -0.2) is 55.0 Å². The maximum absolute atomic E-state index is 13.5. The fourth-order valence-electron chi connectivity index (χ4n) is 4.66. The summed E-state index contributed by atoms with van der Waals surface area (Å²) in [6.07, 6.45) is 0.674. The van der Waals surface area contributed by atoms with Crippen molar-refractivity contribution in [3.63, 3.8) is 0 Å². The standard InChI is InChI=1S/C18H17N3O4S2/c1-11-13-8-12(10-19)2-3-14(13)26-17(11)27(23,24)21-5-4-18-15(21)9-16(22)20(18)6-7-25-18/h2-3,8,15H,4-7,9H2,1H3/t15-,18+/m1/s1. The largest absolute Gasteiger partial charge is 0.352 e. The van der Waals surface area contributed by atoms with Crippen LogP contribution in [0.2, 0.25) is 0 Å². The van der Waals surface area contributed by atoms with E-state index in [1.165, 1.54) is 15.6 Å². The minimum atomic E-state index is -3.76. The molecule has 2 aromatic rings. The number of fused-ring (bicyclic) bond motifs is 1. The first-order valence-electron chi connectivity index (χ1n) is 8.78. The molecule has 0 N–H and O–H groups in total. The first-order valence-corrected chi connectivity index (χ1v) is 11.0. The van der Waals surface area contributed by atoms with E-state index in [-0.39, 0.29) is 16.5 Å². The summed E-state index contributed by atoms with van der Waals surface area (Å²) in [6.45, 7) is 3.10. The Morgan fingerprint density at radius 1 is 1.37 bits per heavy atom. The Morgan fingerprint density at radius 3 is 2.96 bits per heavy atom. The fraction of sp³-hybridized carbons (Fsp3) is 0.444. The van der Waals surface area contributed by atoms with E-state index < -0.39 is 21.8 Å². The third-order valence-electron chi connectivity index (χ3n) is 5.92. The van der Waals surface area contributed by atoms with Crippen molar-refractivity contribution in [1.29, 1.82) is 5.26 Å². The molecule has 1 aromatic carbocycles. The van der Waals surface area contributed by atoms with Gasteiger partial charge in [0.2, 0.25) is 5.91 Å².